The number of alkyl halides is 2. The van der Waals surface area contributed by atoms with Gasteiger partial charge in [-0.3, -0.25) is 9.36 Å². The minimum absolute atomic E-state index is 0.0164. The number of fused-ring (bicyclic) bond motifs is 1. The predicted octanol–water partition coefficient (Wildman–Crippen LogP) is 5.31. The van der Waals surface area contributed by atoms with E-state index in [0.717, 1.165) is 31.6 Å². The van der Waals surface area contributed by atoms with E-state index in [-0.39, 0.29) is 66.3 Å². The Morgan fingerprint density at radius 1 is 1.17 bits per heavy atom. The van der Waals surface area contributed by atoms with Gasteiger partial charge in [-0.2, -0.15) is 5.26 Å². The molecule has 2 aliphatic rings. The van der Waals surface area contributed by atoms with Crippen LogP contribution in [-0.2, 0) is 32.5 Å². The second kappa shape index (κ2) is 14.7. The summed E-state index contributed by atoms with van der Waals surface area (Å²) in [5.41, 5.74) is -2.05. The molecule has 0 amide bonds. The molecule has 1 aromatic carbocycles. The number of benzene rings is 1. The molecule has 2 fully saturated rings. The molecule has 4 heterocycles. The summed E-state index contributed by atoms with van der Waals surface area (Å²) in [6, 6.07) is 6.91. The minimum atomic E-state index is -3.36. The lowest BCUT2D eigenvalue weighted by atomic mass is 9.77. The van der Waals surface area contributed by atoms with Gasteiger partial charge in [-0.25, -0.2) is 31.6 Å². The molecule has 0 spiro atoms. The maximum absolute atomic E-state index is 15.9. The molecule has 5 rings (SSSR count). The van der Waals surface area contributed by atoms with Gasteiger partial charge < -0.3 is 15.4 Å². The van der Waals surface area contributed by atoms with Gasteiger partial charge in [0.1, 0.15) is 39.7 Å². The number of sulfone groups is 1. The minimum Gasteiger partial charge on any atom is -0.363 e. The van der Waals surface area contributed by atoms with Crippen molar-refractivity contribution in [1.82, 2.24) is 19.9 Å². The third-order valence-electron chi connectivity index (χ3n) is 9.81. The van der Waals surface area contributed by atoms with Crippen LogP contribution in [0.1, 0.15) is 87.4 Å². The fraction of sp³-hybridized carbons (Fsp3) is 0.559. The molecule has 258 valence electrons. The number of hydrogen-bond donors (Lipinski definition) is 2. The molecule has 14 heteroatoms. The highest BCUT2D eigenvalue weighted by molar-refractivity contribution is 7.91. The van der Waals surface area contributed by atoms with Crippen LogP contribution in [0.2, 0.25) is 0 Å². The molecule has 10 nitrogen and oxygen atoms in total. The Kier molecular flexibility index (Phi) is 10.9. The Balaban J connectivity index is 1.54. The third-order valence-corrected chi connectivity index (χ3v) is 11.5. The molecule has 0 unspecified atom stereocenters. The second-order valence-corrected chi connectivity index (χ2v) is 15.2. The van der Waals surface area contributed by atoms with Crippen LogP contribution in [0.5, 0.6) is 0 Å². The second-order valence-electron chi connectivity index (χ2n) is 12.9. The number of aromatic nitrogens is 3. The van der Waals surface area contributed by atoms with Gasteiger partial charge in [0.2, 0.25) is 0 Å². The topological polar surface area (TPSA) is 147 Å². The van der Waals surface area contributed by atoms with Crippen LogP contribution in [0.15, 0.2) is 35.4 Å². The van der Waals surface area contributed by atoms with Crippen molar-refractivity contribution >= 4 is 33.0 Å². The van der Waals surface area contributed by atoms with Crippen LogP contribution in [0.4, 0.5) is 19.0 Å². The summed E-state index contributed by atoms with van der Waals surface area (Å²) in [7, 11) is -3.36. The van der Waals surface area contributed by atoms with Crippen LogP contribution in [0, 0.1) is 23.1 Å². The van der Waals surface area contributed by atoms with Crippen LogP contribution in [0.25, 0.3) is 11.0 Å². The number of nitrogens with zero attached hydrogens (tertiary/aromatic N) is 4. The first-order valence-electron chi connectivity index (χ1n) is 16.5. The van der Waals surface area contributed by atoms with E-state index in [0.29, 0.717) is 31.3 Å². The van der Waals surface area contributed by atoms with Gasteiger partial charge in [-0.05, 0) is 64.6 Å². The maximum Gasteiger partial charge on any atom is 0.278 e. The lowest BCUT2D eigenvalue weighted by Gasteiger charge is -2.31. The summed E-state index contributed by atoms with van der Waals surface area (Å²) in [6.07, 6.45) is 5.76. The highest BCUT2D eigenvalue weighted by Crippen LogP contribution is 2.43. The number of aryl methyl sites for hydroxylation is 1. The number of carbonyl (C=O) groups is 1. The van der Waals surface area contributed by atoms with Gasteiger partial charge in [0, 0.05) is 30.0 Å². The molecule has 0 saturated carbocycles. The summed E-state index contributed by atoms with van der Waals surface area (Å²) in [5, 5.41) is 16.9. The van der Waals surface area contributed by atoms with Crippen molar-refractivity contribution in [3.8, 4) is 6.07 Å². The molecule has 3 aromatic rings. The van der Waals surface area contributed by atoms with Crippen LogP contribution < -0.4 is 16.2 Å². The summed E-state index contributed by atoms with van der Waals surface area (Å²) in [5.74, 6) is -5.61. The molecule has 2 saturated heterocycles. The number of nitrogens with one attached hydrogen (secondary N) is 2. The standard InChI is InChI=1S/C34H41F3N6O4S/c1-23(25-8-7-9-27(29(25)35)34(36,37)24-10-14-39-15-11-24)42-30-26-20-28(33(21-38)12-18-48(46,47)19-13-33)32(45)43(31(26)41-22-40-30)16-5-3-2-4-6-17-44/h7-9,17,20,22-24,39H,2-6,10-16,18-19H2,1H3,(H,40,41,42)/t23-/m1/s1. The number of halogens is 3. The molecule has 0 bridgehead atoms. The predicted molar refractivity (Wildman–Crippen MR) is 176 cm³/mol. The zero-order valence-corrected chi connectivity index (χ0v) is 27.8. The number of piperidine rings is 1. The number of aldehydes is 1. The van der Waals surface area contributed by atoms with Gasteiger partial charge in [-0.1, -0.05) is 31.0 Å². The molecular formula is C34H41F3N6O4S. The van der Waals surface area contributed by atoms with Crippen molar-refractivity contribution in [2.24, 2.45) is 5.92 Å². The largest absolute Gasteiger partial charge is 0.363 e. The summed E-state index contributed by atoms with van der Waals surface area (Å²) >= 11 is 0. The van der Waals surface area contributed by atoms with Crippen LogP contribution in [0.3, 0.4) is 0 Å². The van der Waals surface area contributed by atoms with Gasteiger partial charge in [0.15, 0.2) is 0 Å². The van der Waals surface area contributed by atoms with E-state index in [1.165, 1.54) is 29.1 Å². The summed E-state index contributed by atoms with van der Waals surface area (Å²) in [6.45, 7) is 2.75. The lowest BCUT2D eigenvalue weighted by Crippen LogP contribution is -2.41. The molecule has 2 aromatic heterocycles. The number of rotatable bonds is 13. The highest BCUT2D eigenvalue weighted by atomic mass is 32.2. The molecule has 48 heavy (non-hydrogen) atoms. The Bertz CT molecular complexity index is 1840. The first-order valence-corrected chi connectivity index (χ1v) is 18.3. The van der Waals surface area contributed by atoms with E-state index in [9.17, 15) is 23.3 Å². The van der Waals surface area contributed by atoms with E-state index in [2.05, 4.69) is 26.7 Å². The SMILES string of the molecule is C[C@@H](Nc1ncnc2c1cc(C1(C#N)CCS(=O)(=O)CC1)c(=O)n2CCCCCCC=O)c1cccc(C(F)(F)C2CCNCC2)c1F. The number of nitriles is 1. The fourth-order valence-electron chi connectivity index (χ4n) is 6.86. The Morgan fingerprint density at radius 3 is 2.56 bits per heavy atom. The molecule has 1 atom stereocenters. The number of unbranched alkanes of at least 4 members (excludes halogenated alkanes) is 4. The van der Waals surface area contributed by atoms with Gasteiger partial charge in [0.25, 0.3) is 11.5 Å². The third kappa shape index (κ3) is 7.27. The first-order chi connectivity index (χ1) is 22.9. The fourth-order valence-corrected chi connectivity index (χ4v) is 8.38. The molecule has 2 N–H and O–H groups in total. The van der Waals surface area contributed by atoms with E-state index >= 15 is 13.2 Å². The average molecular weight is 687 g/mol. The van der Waals surface area contributed by atoms with Gasteiger partial charge >= 0.3 is 0 Å². The zero-order valence-electron chi connectivity index (χ0n) is 27.0. The summed E-state index contributed by atoms with van der Waals surface area (Å²) < 4.78 is 73.1. The van der Waals surface area contributed by atoms with E-state index in [1.807, 2.05) is 0 Å². The number of carbonyl (C=O) groups excluding carboxylic acids is 1. The van der Waals surface area contributed by atoms with Gasteiger partial charge in [-0.15, -0.1) is 0 Å². The smallest absolute Gasteiger partial charge is 0.278 e. The van der Waals surface area contributed by atoms with Crippen molar-refractivity contribution in [1.29, 1.82) is 5.26 Å². The van der Waals surface area contributed by atoms with Crippen molar-refractivity contribution in [2.75, 3.05) is 29.9 Å². The first kappa shape index (κ1) is 35.5. The quantitative estimate of drug-likeness (QED) is 0.180. The van der Waals surface area contributed by atoms with E-state index in [1.54, 1.807) is 6.92 Å². The van der Waals surface area contributed by atoms with Crippen LogP contribution in [-0.4, -0.2) is 53.8 Å². The Labute approximate surface area is 278 Å². The normalized spacial score (nSPS) is 18.6. The molecule has 2 aliphatic heterocycles. The number of hydrogen-bond acceptors (Lipinski definition) is 9. The number of pyridine rings is 1. The van der Waals surface area contributed by atoms with Crippen molar-refractivity contribution < 1.29 is 26.4 Å². The molecular weight excluding hydrogens is 645 g/mol. The average Bonchev–Trinajstić information content (AvgIpc) is 3.08. The molecule has 0 aliphatic carbocycles. The maximum atomic E-state index is 15.9. The zero-order chi connectivity index (χ0) is 34.5. The summed E-state index contributed by atoms with van der Waals surface area (Å²) in [4.78, 5) is 33.5. The van der Waals surface area contributed by atoms with Crippen molar-refractivity contribution in [3.05, 3.63) is 63.5 Å². The number of anilines is 1. The lowest BCUT2D eigenvalue weighted by molar-refractivity contribution is -0.107. The van der Waals surface area contributed by atoms with Gasteiger partial charge in [0.05, 0.1) is 40.0 Å². The van der Waals surface area contributed by atoms with Crippen molar-refractivity contribution in [3.63, 3.8) is 0 Å². The highest BCUT2D eigenvalue weighted by Gasteiger charge is 2.44. The monoisotopic (exact) mass is 686 g/mol. The van der Waals surface area contributed by atoms with Crippen molar-refractivity contribution in [2.45, 2.75) is 88.6 Å². The Hall–Kier alpha value is -3.83. The van der Waals surface area contributed by atoms with E-state index < -0.39 is 50.1 Å². The molecule has 0 radical (unpaired) electrons. The Morgan fingerprint density at radius 2 is 1.88 bits per heavy atom. The van der Waals surface area contributed by atoms with E-state index in [4.69, 9.17) is 0 Å². The van der Waals surface area contributed by atoms with Crippen LogP contribution >= 0.6 is 0 Å².